The topological polar surface area (TPSA) is 46.1 Å². The summed E-state index contributed by atoms with van der Waals surface area (Å²) in [6, 6.07) is 14.3. The summed E-state index contributed by atoms with van der Waals surface area (Å²) in [7, 11) is 0. The fourth-order valence-corrected chi connectivity index (χ4v) is 3.19. The molecule has 0 N–H and O–H groups in total. The minimum Gasteiger partial charge on any atom is -0.292 e. The number of aromatic nitrogens is 2. The fraction of sp³-hybridized carbons (Fsp3) is 0.190. The van der Waals surface area contributed by atoms with E-state index in [0.29, 0.717) is 18.2 Å². The molecule has 0 aliphatic carbocycles. The van der Waals surface area contributed by atoms with E-state index in [1.165, 1.54) is 12.1 Å². The Morgan fingerprint density at radius 1 is 1.08 bits per heavy atom. The SMILES string of the molecule is Cc1ccc(-c2nc(C)c3c(n2)N(Cc2cccc(F)c2)C(=O)C3)cc1. The van der Waals surface area contributed by atoms with Crippen molar-refractivity contribution >= 4 is 11.7 Å². The van der Waals surface area contributed by atoms with Crippen LogP contribution in [0.3, 0.4) is 0 Å². The van der Waals surface area contributed by atoms with Crippen LogP contribution in [0.5, 0.6) is 0 Å². The van der Waals surface area contributed by atoms with Crippen LogP contribution in [-0.4, -0.2) is 15.9 Å². The Bertz CT molecular complexity index is 999. The van der Waals surface area contributed by atoms with Gasteiger partial charge in [0.1, 0.15) is 11.6 Å². The van der Waals surface area contributed by atoms with E-state index in [1.54, 1.807) is 11.0 Å². The highest BCUT2D eigenvalue weighted by Gasteiger charge is 2.31. The zero-order chi connectivity index (χ0) is 18.3. The summed E-state index contributed by atoms with van der Waals surface area (Å²) in [6.45, 7) is 4.22. The van der Waals surface area contributed by atoms with Gasteiger partial charge in [0.25, 0.3) is 0 Å². The molecule has 2 aromatic carbocycles. The number of hydrogen-bond acceptors (Lipinski definition) is 3. The van der Waals surface area contributed by atoms with Crippen molar-refractivity contribution in [3.05, 3.63) is 76.7 Å². The van der Waals surface area contributed by atoms with E-state index in [2.05, 4.69) is 9.97 Å². The maximum absolute atomic E-state index is 13.5. The first-order chi connectivity index (χ1) is 12.5. The highest BCUT2D eigenvalue weighted by Crippen LogP contribution is 2.32. The van der Waals surface area contributed by atoms with Crippen molar-refractivity contribution in [1.29, 1.82) is 0 Å². The van der Waals surface area contributed by atoms with Crippen LogP contribution < -0.4 is 4.90 Å². The number of benzene rings is 2. The number of halogens is 1. The van der Waals surface area contributed by atoms with E-state index in [9.17, 15) is 9.18 Å². The van der Waals surface area contributed by atoms with Crippen LogP contribution in [-0.2, 0) is 17.8 Å². The molecule has 0 radical (unpaired) electrons. The summed E-state index contributed by atoms with van der Waals surface area (Å²) in [5, 5.41) is 0. The number of carbonyl (C=O) groups is 1. The summed E-state index contributed by atoms with van der Waals surface area (Å²) in [6.07, 6.45) is 0.282. The van der Waals surface area contributed by atoms with Crippen LogP contribution >= 0.6 is 0 Å². The van der Waals surface area contributed by atoms with Crippen LogP contribution in [0.2, 0.25) is 0 Å². The lowest BCUT2D eigenvalue weighted by molar-refractivity contribution is -0.117. The Kier molecular flexibility index (Phi) is 3.99. The maximum atomic E-state index is 13.5. The summed E-state index contributed by atoms with van der Waals surface area (Å²) in [5.41, 5.74) is 4.46. The van der Waals surface area contributed by atoms with Gasteiger partial charge >= 0.3 is 0 Å². The minimum absolute atomic E-state index is 0.0392. The van der Waals surface area contributed by atoms with Crippen molar-refractivity contribution < 1.29 is 9.18 Å². The average Bonchev–Trinajstić information content (AvgIpc) is 2.92. The zero-order valence-corrected chi connectivity index (χ0v) is 14.7. The molecule has 0 spiro atoms. The molecule has 4 nitrogen and oxygen atoms in total. The third-order valence-electron chi connectivity index (χ3n) is 4.62. The van der Waals surface area contributed by atoms with Crippen LogP contribution in [0, 0.1) is 19.7 Å². The highest BCUT2D eigenvalue weighted by atomic mass is 19.1. The molecule has 1 aromatic heterocycles. The predicted octanol–water partition coefficient (Wildman–Crippen LogP) is 3.99. The van der Waals surface area contributed by atoms with E-state index in [4.69, 9.17) is 0 Å². The quantitative estimate of drug-likeness (QED) is 0.720. The number of carbonyl (C=O) groups excluding carboxylic acids is 1. The Labute approximate surface area is 151 Å². The van der Waals surface area contributed by atoms with Crippen LogP contribution in [0.15, 0.2) is 48.5 Å². The first-order valence-electron chi connectivity index (χ1n) is 8.50. The van der Waals surface area contributed by atoms with Crippen LogP contribution in [0.4, 0.5) is 10.2 Å². The van der Waals surface area contributed by atoms with Crippen molar-refractivity contribution in [2.45, 2.75) is 26.8 Å². The first kappa shape index (κ1) is 16.4. The maximum Gasteiger partial charge on any atom is 0.233 e. The lowest BCUT2D eigenvalue weighted by Gasteiger charge is -2.17. The van der Waals surface area contributed by atoms with Gasteiger partial charge in [-0.1, -0.05) is 42.0 Å². The molecule has 0 fully saturated rings. The second-order valence-electron chi connectivity index (χ2n) is 6.59. The van der Waals surface area contributed by atoms with E-state index < -0.39 is 0 Å². The molecule has 5 heteroatoms. The van der Waals surface area contributed by atoms with Gasteiger partial charge in [0.15, 0.2) is 5.82 Å². The predicted molar refractivity (Wildman–Crippen MR) is 98.2 cm³/mol. The van der Waals surface area contributed by atoms with Crippen molar-refractivity contribution in [1.82, 2.24) is 9.97 Å². The molecule has 0 atom stereocenters. The lowest BCUT2D eigenvalue weighted by atomic mass is 10.1. The number of rotatable bonds is 3. The molecule has 1 amide bonds. The molecule has 0 bridgehead atoms. The Balaban J connectivity index is 1.75. The Morgan fingerprint density at radius 2 is 1.85 bits per heavy atom. The second kappa shape index (κ2) is 6.33. The number of hydrogen-bond donors (Lipinski definition) is 0. The molecule has 1 aliphatic heterocycles. The third kappa shape index (κ3) is 2.96. The number of nitrogens with zero attached hydrogens (tertiary/aromatic N) is 3. The largest absolute Gasteiger partial charge is 0.292 e. The molecule has 26 heavy (non-hydrogen) atoms. The summed E-state index contributed by atoms with van der Waals surface area (Å²) in [4.78, 5) is 23.4. The van der Waals surface area contributed by atoms with Gasteiger partial charge in [-0.05, 0) is 31.5 Å². The van der Waals surface area contributed by atoms with Crippen molar-refractivity contribution in [3.63, 3.8) is 0 Å². The standard InChI is InChI=1S/C21H18FN3O/c1-13-6-8-16(9-7-13)20-23-14(2)18-11-19(26)25(21(18)24-20)12-15-4-3-5-17(22)10-15/h3-10H,11-12H2,1-2H3. The van der Waals surface area contributed by atoms with Gasteiger partial charge in [-0.25, -0.2) is 14.4 Å². The van der Waals surface area contributed by atoms with Gasteiger partial charge in [0, 0.05) is 16.8 Å². The van der Waals surface area contributed by atoms with E-state index in [1.807, 2.05) is 44.2 Å². The van der Waals surface area contributed by atoms with E-state index in [0.717, 1.165) is 27.9 Å². The summed E-state index contributed by atoms with van der Waals surface area (Å²) in [5.74, 6) is 0.874. The van der Waals surface area contributed by atoms with Gasteiger partial charge in [0.05, 0.1) is 13.0 Å². The molecular formula is C21H18FN3O. The van der Waals surface area contributed by atoms with Crippen molar-refractivity contribution in [2.24, 2.45) is 0 Å². The molecule has 0 unspecified atom stereocenters. The fourth-order valence-electron chi connectivity index (χ4n) is 3.19. The van der Waals surface area contributed by atoms with Crippen molar-refractivity contribution in [3.8, 4) is 11.4 Å². The first-order valence-corrected chi connectivity index (χ1v) is 8.50. The number of aryl methyl sites for hydroxylation is 2. The molecule has 1 aliphatic rings. The van der Waals surface area contributed by atoms with Gasteiger partial charge in [0.2, 0.25) is 5.91 Å². The highest BCUT2D eigenvalue weighted by molar-refractivity contribution is 6.00. The molecule has 4 rings (SSSR count). The van der Waals surface area contributed by atoms with Gasteiger partial charge in [-0.15, -0.1) is 0 Å². The number of fused-ring (bicyclic) bond motifs is 1. The lowest BCUT2D eigenvalue weighted by Crippen LogP contribution is -2.26. The van der Waals surface area contributed by atoms with Crippen molar-refractivity contribution in [2.75, 3.05) is 4.90 Å². The van der Waals surface area contributed by atoms with E-state index >= 15 is 0 Å². The van der Waals surface area contributed by atoms with E-state index in [-0.39, 0.29) is 18.1 Å². The Hall–Kier alpha value is -3.08. The van der Waals surface area contributed by atoms with Crippen LogP contribution in [0.1, 0.15) is 22.4 Å². The molecule has 130 valence electrons. The van der Waals surface area contributed by atoms with Crippen LogP contribution in [0.25, 0.3) is 11.4 Å². The smallest absolute Gasteiger partial charge is 0.233 e. The molecule has 2 heterocycles. The minimum atomic E-state index is -0.311. The van der Waals surface area contributed by atoms with Gasteiger partial charge < -0.3 is 0 Å². The third-order valence-corrected chi connectivity index (χ3v) is 4.62. The summed E-state index contributed by atoms with van der Waals surface area (Å²) < 4.78 is 13.5. The summed E-state index contributed by atoms with van der Waals surface area (Å²) >= 11 is 0. The number of amides is 1. The molecular weight excluding hydrogens is 329 g/mol. The zero-order valence-electron chi connectivity index (χ0n) is 14.7. The second-order valence-corrected chi connectivity index (χ2v) is 6.59. The Morgan fingerprint density at radius 3 is 2.58 bits per heavy atom. The van der Waals surface area contributed by atoms with Gasteiger partial charge in [-0.2, -0.15) is 0 Å². The molecule has 0 saturated carbocycles. The molecule has 0 saturated heterocycles. The normalized spacial score (nSPS) is 13.2. The molecule has 3 aromatic rings. The average molecular weight is 347 g/mol. The monoisotopic (exact) mass is 347 g/mol. The van der Waals surface area contributed by atoms with Gasteiger partial charge in [-0.3, -0.25) is 9.69 Å². The number of anilines is 1.